The van der Waals surface area contributed by atoms with Crippen molar-refractivity contribution in [1.29, 1.82) is 0 Å². The highest BCUT2D eigenvalue weighted by Crippen LogP contribution is 2.42. The third kappa shape index (κ3) is 4.35. The third-order valence-corrected chi connectivity index (χ3v) is 9.32. The van der Waals surface area contributed by atoms with Crippen LogP contribution >= 0.6 is 11.3 Å². The molecular formula is C24H25NO6S2. The van der Waals surface area contributed by atoms with Crippen LogP contribution < -0.4 is 9.47 Å². The average Bonchev–Trinajstić information content (AvgIpc) is 3.54. The van der Waals surface area contributed by atoms with Gasteiger partial charge in [0.1, 0.15) is 11.6 Å². The molecule has 0 radical (unpaired) electrons. The Morgan fingerprint density at radius 2 is 1.73 bits per heavy atom. The van der Waals surface area contributed by atoms with E-state index in [0.717, 1.165) is 10.6 Å². The van der Waals surface area contributed by atoms with Crippen molar-refractivity contribution in [2.45, 2.75) is 41.9 Å². The highest BCUT2D eigenvalue weighted by molar-refractivity contribution is 7.93. The summed E-state index contributed by atoms with van der Waals surface area (Å²) in [5.74, 6) is 0.505. The lowest BCUT2D eigenvalue weighted by Crippen LogP contribution is -2.45. The standard InChI is InChI=1S/C24H25NO6S2/c1-29-20-11-10-17(14-21(20)30-2)22-25-18(16-32-22)15-31-23(26)24(12-6-7-13-24)33(27,28)19-8-4-3-5-9-19/h3-5,8-11,14,16H,6-7,12-13,15H2,1-2H3. The molecule has 3 aromatic rings. The van der Waals surface area contributed by atoms with Gasteiger partial charge in [0.25, 0.3) is 0 Å². The number of methoxy groups -OCH3 is 2. The van der Waals surface area contributed by atoms with Crippen LogP contribution in [-0.4, -0.2) is 38.3 Å². The fourth-order valence-corrected chi connectivity index (χ4v) is 6.97. The zero-order valence-corrected chi connectivity index (χ0v) is 20.1. The number of thiazole rings is 1. The van der Waals surface area contributed by atoms with E-state index in [-0.39, 0.29) is 24.3 Å². The molecule has 0 bridgehead atoms. The normalized spacial score (nSPS) is 15.2. The van der Waals surface area contributed by atoms with Gasteiger partial charge in [-0.3, -0.25) is 4.79 Å². The number of nitrogens with zero attached hydrogens (tertiary/aromatic N) is 1. The van der Waals surface area contributed by atoms with Crippen LogP contribution in [0.15, 0.2) is 58.8 Å². The minimum atomic E-state index is -3.87. The Bertz CT molecular complexity index is 1230. The molecule has 1 heterocycles. The maximum Gasteiger partial charge on any atom is 0.328 e. The number of hydrogen-bond acceptors (Lipinski definition) is 8. The summed E-state index contributed by atoms with van der Waals surface area (Å²) < 4.78 is 41.4. The van der Waals surface area contributed by atoms with Crippen molar-refractivity contribution < 1.29 is 27.4 Å². The van der Waals surface area contributed by atoms with Crippen molar-refractivity contribution in [1.82, 2.24) is 4.98 Å². The number of ether oxygens (including phenoxy) is 3. The second-order valence-corrected chi connectivity index (χ2v) is 10.9. The molecule has 0 N–H and O–H groups in total. The van der Waals surface area contributed by atoms with Crippen LogP contribution in [0, 0.1) is 0 Å². The molecule has 1 saturated carbocycles. The van der Waals surface area contributed by atoms with Crippen molar-refractivity contribution in [2.75, 3.05) is 14.2 Å². The van der Waals surface area contributed by atoms with Crippen LogP contribution in [0.2, 0.25) is 0 Å². The Hall–Kier alpha value is -2.91. The zero-order chi connectivity index (χ0) is 23.5. The SMILES string of the molecule is COc1ccc(-c2nc(COC(=O)C3(S(=O)(=O)c4ccccc4)CCCC3)cs2)cc1OC. The van der Waals surface area contributed by atoms with Crippen molar-refractivity contribution in [3.8, 4) is 22.1 Å². The molecule has 1 aliphatic rings. The Kier molecular flexibility index (Phi) is 6.71. The smallest absolute Gasteiger partial charge is 0.328 e. The molecule has 4 rings (SSSR count). The van der Waals surface area contributed by atoms with E-state index in [1.807, 2.05) is 12.1 Å². The number of aromatic nitrogens is 1. The topological polar surface area (TPSA) is 91.8 Å². The van der Waals surface area contributed by atoms with Gasteiger partial charge in [0.15, 0.2) is 26.1 Å². The van der Waals surface area contributed by atoms with E-state index in [9.17, 15) is 13.2 Å². The maximum atomic E-state index is 13.4. The lowest BCUT2D eigenvalue weighted by atomic mass is 10.1. The quantitative estimate of drug-likeness (QED) is 0.427. The first kappa shape index (κ1) is 23.3. The zero-order valence-electron chi connectivity index (χ0n) is 18.4. The predicted molar refractivity (Wildman–Crippen MR) is 125 cm³/mol. The van der Waals surface area contributed by atoms with Crippen molar-refractivity contribution in [3.63, 3.8) is 0 Å². The molecule has 0 saturated heterocycles. The van der Waals surface area contributed by atoms with Gasteiger partial charge in [-0.25, -0.2) is 13.4 Å². The molecule has 33 heavy (non-hydrogen) atoms. The summed E-state index contributed by atoms with van der Waals surface area (Å²) in [6.07, 6.45) is 1.86. The van der Waals surface area contributed by atoms with E-state index in [4.69, 9.17) is 14.2 Å². The summed E-state index contributed by atoms with van der Waals surface area (Å²) in [5.41, 5.74) is 1.40. The first-order valence-electron chi connectivity index (χ1n) is 10.5. The van der Waals surface area contributed by atoms with Crippen molar-refractivity contribution in [3.05, 3.63) is 59.6 Å². The molecule has 0 atom stereocenters. The monoisotopic (exact) mass is 487 g/mol. The van der Waals surface area contributed by atoms with E-state index >= 15 is 0 Å². The lowest BCUT2D eigenvalue weighted by Gasteiger charge is -2.26. The number of sulfone groups is 1. The van der Waals surface area contributed by atoms with Crippen LogP contribution in [-0.2, 0) is 26.0 Å². The number of hydrogen-bond donors (Lipinski definition) is 0. The minimum Gasteiger partial charge on any atom is -0.493 e. The highest BCUT2D eigenvalue weighted by Gasteiger charge is 2.54. The van der Waals surface area contributed by atoms with Crippen LogP contribution in [0.1, 0.15) is 31.4 Å². The molecule has 0 amide bonds. The molecule has 9 heteroatoms. The van der Waals surface area contributed by atoms with E-state index in [0.29, 0.717) is 30.0 Å². The molecule has 1 aromatic heterocycles. The van der Waals surface area contributed by atoms with E-state index < -0.39 is 20.6 Å². The van der Waals surface area contributed by atoms with Gasteiger partial charge in [-0.2, -0.15) is 0 Å². The van der Waals surface area contributed by atoms with Gasteiger partial charge in [-0.15, -0.1) is 11.3 Å². The Labute approximate surface area is 197 Å². The summed E-state index contributed by atoms with van der Waals surface area (Å²) in [6, 6.07) is 13.6. The van der Waals surface area contributed by atoms with Crippen LogP contribution in [0.4, 0.5) is 0 Å². The van der Waals surface area contributed by atoms with Gasteiger partial charge in [-0.1, -0.05) is 31.0 Å². The predicted octanol–water partition coefficient (Wildman–Crippen LogP) is 4.66. The number of carbonyl (C=O) groups is 1. The van der Waals surface area contributed by atoms with E-state index in [1.165, 1.54) is 23.5 Å². The fourth-order valence-electron chi connectivity index (χ4n) is 4.10. The van der Waals surface area contributed by atoms with Crippen molar-refractivity contribution >= 4 is 27.1 Å². The van der Waals surface area contributed by atoms with Gasteiger partial charge < -0.3 is 14.2 Å². The first-order chi connectivity index (χ1) is 15.9. The number of rotatable bonds is 8. The molecule has 1 fully saturated rings. The van der Waals surface area contributed by atoms with Crippen molar-refractivity contribution in [2.24, 2.45) is 0 Å². The lowest BCUT2D eigenvalue weighted by molar-refractivity contribution is -0.148. The van der Waals surface area contributed by atoms with Gasteiger partial charge in [0, 0.05) is 10.9 Å². The molecule has 7 nitrogen and oxygen atoms in total. The van der Waals surface area contributed by atoms with Gasteiger partial charge >= 0.3 is 5.97 Å². The maximum absolute atomic E-state index is 13.4. The molecular weight excluding hydrogens is 462 g/mol. The van der Waals surface area contributed by atoms with Gasteiger partial charge in [0.2, 0.25) is 0 Å². The minimum absolute atomic E-state index is 0.0886. The summed E-state index contributed by atoms with van der Waals surface area (Å²) in [7, 11) is -0.736. The summed E-state index contributed by atoms with van der Waals surface area (Å²) >= 11 is 1.40. The largest absolute Gasteiger partial charge is 0.493 e. The summed E-state index contributed by atoms with van der Waals surface area (Å²) in [5, 5.41) is 2.53. The van der Waals surface area contributed by atoms with E-state index in [2.05, 4.69) is 4.98 Å². The highest BCUT2D eigenvalue weighted by atomic mass is 32.2. The molecule has 0 unspecified atom stereocenters. The number of carbonyl (C=O) groups excluding carboxylic acids is 1. The Balaban J connectivity index is 1.51. The van der Waals surface area contributed by atoms with E-state index in [1.54, 1.807) is 43.9 Å². The Morgan fingerprint density at radius 3 is 2.39 bits per heavy atom. The second kappa shape index (κ2) is 9.52. The third-order valence-electron chi connectivity index (χ3n) is 5.88. The van der Waals surface area contributed by atoms with Crippen LogP contribution in [0.25, 0.3) is 10.6 Å². The average molecular weight is 488 g/mol. The Morgan fingerprint density at radius 1 is 1.03 bits per heavy atom. The van der Waals surface area contributed by atoms with Gasteiger partial charge in [-0.05, 0) is 43.2 Å². The van der Waals surface area contributed by atoms with Crippen LogP contribution in [0.3, 0.4) is 0 Å². The molecule has 0 aliphatic heterocycles. The number of esters is 1. The summed E-state index contributed by atoms with van der Waals surface area (Å²) in [4.78, 5) is 17.8. The molecule has 2 aromatic carbocycles. The molecule has 174 valence electrons. The number of benzene rings is 2. The van der Waals surface area contributed by atoms with Gasteiger partial charge in [0.05, 0.1) is 24.8 Å². The molecule has 1 aliphatic carbocycles. The second-order valence-electron chi connectivity index (χ2n) is 7.81. The van der Waals surface area contributed by atoms with Crippen LogP contribution in [0.5, 0.6) is 11.5 Å². The summed E-state index contributed by atoms with van der Waals surface area (Å²) in [6.45, 7) is -0.0886. The fraction of sp³-hybridized carbons (Fsp3) is 0.333. The molecule has 0 spiro atoms. The first-order valence-corrected chi connectivity index (χ1v) is 12.9.